The maximum atomic E-state index is 13.0. The highest BCUT2D eigenvalue weighted by atomic mass is 35.5. The zero-order chi connectivity index (χ0) is 15.1. The molecule has 0 N–H and O–H groups in total. The average molecular weight is 341 g/mol. The van der Waals surface area contributed by atoms with E-state index in [2.05, 4.69) is 27.7 Å². The van der Waals surface area contributed by atoms with E-state index in [4.69, 9.17) is 11.6 Å². The Morgan fingerprint density at radius 3 is 1.89 bits per heavy atom. The van der Waals surface area contributed by atoms with Crippen molar-refractivity contribution in [1.82, 2.24) is 0 Å². The van der Waals surface area contributed by atoms with Crippen molar-refractivity contribution in [3.63, 3.8) is 0 Å². The van der Waals surface area contributed by atoms with Crippen molar-refractivity contribution in [2.45, 2.75) is 41.5 Å². The lowest BCUT2D eigenvalue weighted by Gasteiger charge is -2.16. The average Bonchev–Trinajstić information content (AvgIpc) is 2.33. The normalized spacial score (nSPS) is 14.6. The zero-order valence-electron chi connectivity index (χ0n) is 12.8. The lowest BCUT2D eigenvalue weighted by atomic mass is 10.3. The second kappa shape index (κ2) is 9.60. The molecule has 0 spiro atoms. The molecule has 0 saturated heterocycles. The standard InChI is InChI=1S/C14H26ClOPS2/c1-7-13(6)14(15)8-17(16,18-9-11(2)3)19-10-12(4)5/h7-8,11-12H,9-10H2,1-6H3/b13-7+,14-8+. The molecule has 0 unspecified atom stereocenters. The van der Waals surface area contributed by atoms with Gasteiger partial charge in [-0.25, -0.2) is 0 Å². The summed E-state index contributed by atoms with van der Waals surface area (Å²) in [7, 11) is 0. The molecule has 0 fully saturated rings. The predicted molar refractivity (Wildman–Crippen MR) is 95.6 cm³/mol. The van der Waals surface area contributed by atoms with Crippen molar-refractivity contribution in [3.8, 4) is 0 Å². The van der Waals surface area contributed by atoms with Crippen molar-refractivity contribution in [2.75, 3.05) is 11.5 Å². The summed E-state index contributed by atoms with van der Waals surface area (Å²) < 4.78 is 13.0. The molecule has 0 aromatic carbocycles. The fraction of sp³-hybridized carbons (Fsp3) is 0.714. The zero-order valence-corrected chi connectivity index (χ0v) is 16.1. The van der Waals surface area contributed by atoms with Crippen LogP contribution in [0.3, 0.4) is 0 Å². The van der Waals surface area contributed by atoms with Crippen LogP contribution in [-0.2, 0) is 4.57 Å². The molecule has 0 aliphatic heterocycles. The van der Waals surface area contributed by atoms with Gasteiger partial charge in [0.1, 0.15) is 0 Å². The highest BCUT2D eigenvalue weighted by molar-refractivity contribution is 8.91. The van der Waals surface area contributed by atoms with Gasteiger partial charge in [-0.05, 0) is 31.3 Å². The summed E-state index contributed by atoms with van der Waals surface area (Å²) >= 11 is 9.36. The minimum atomic E-state index is -2.45. The quantitative estimate of drug-likeness (QED) is 0.349. The largest absolute Gasteiger partial charge is 0.296 e. The Morgan fingerprint density at radius 1 is 1.16 bits per heavy atom. The molecule has 0 bridgehead atoms. The molecule has 0 rings (SSSR count). The van der Waals surface area contributed by atoms with Gasteiger partial charge in [-0.3, -0.25) is 4.57 Å². The van der Waals surface area contributed by atoms with Gasteiger partial charge >= 0.3 is 0 Å². The van der Waals surface area contributed by atoms with Gasteiger partial charge in [-0.1, -0.05) is 68.1 Å². The van der Waals surface area contributed by atoms with Crippen LogP contribution in [0, 0.1) is 11.8 Å². The van der Waals surface area contributed by atoms with E-state index in [0.29, 0.717) is 16.9 Å². The Hall–Kier alpha value is 0.700. The Kier molecular flexibility index (Phi) is 9.96. The monoisotopic (exact) mass is 340 g/mol. The van der Waals surface area contributed by atoms with Gasteiger partial charge in [0.05, 0.1) is 0 Å². The van der Waals surface area contributed by atoms with Gasteiger partial charge in [0.2, 0.25) is 5.55 Å². The Balaban J connectivity index is 4.99. The molecule has 5 heteroatoms. The third kappa shape index (κ3) is 9.28. The van der Waals surface area contributed by atoms with E-state index in [9.17, 15) is 4.57 Å². The number of halogens is 1. The highest BCUT2D eigenvalue weighted by Crippen LogP contribution is 2.71. The fourth-order valence-corrected chi connectivity index (χ4v) is 9.69. The Morgan fingerprint density at radius 2 is 1.58 bits per heavy atom. The van der Waals surface area contributed by atoms with Crippen LogP contribution in [0.2, 0.25) is 0 Å². The number of allylic oxidation sites excluding steroid dienone is 3. The first-order valence-corrected chi connectivity index (χ1v) is 11.9. The molecule has 0 amide bonds. The third-order valence-electron chi connectivity index (χ3n) is 2.26. The van der Waals surface area contributed by atoms with Crippen LogP contribution in [0.25, 0.3) is 0 Å². The van der Waals surface area contributed by atoms with Crippen LogP contribution in [0.5, 0.6) is 0 Å². The fourth-order valence-electron chi connectivity index (χ4n) is 0.996. The van der Waals surface area contributed by atoms with Crippen LogP contribution in [0.15, 0.2) is 22.5 Å². The summed E-state index contributed by atoms with van der Waals surface area (Å²) in [5.41, 5.74) is -1.47. The lowest BCUT2D eigenvalue weighted by Crippen LogP contribution is -1.92. The molecular weight excluding hydrogens is 315 g/mol. The number of hydrogen-bond donors (Lipinski definition) is 0. The van der Waals surface area contributed by atoms with Gasteiger partial charge in [0.25, 0.3) is 0 Å². The van der Waals surface area contributed by atoms with E-state index in [-0.39, 0.29) is 0 Å². The molecule has 0 atom stereocenters. The highest BCUT2D eigenvalue weighted by Gasteiger charge is 2.23. The van der Waals surface area contributed by atoms with Gasteiger partial charge < -0.3 is 0 Å². The van der Waals surface area contributed by atoms with E-state index >= 15 is 0 Å². The minimum absolute atomic E-state index is 0.535. The Bertz CT molecular complexity index is 360. The van der Waals surface area contributed by atoms with Crippen LogP contribution >= 0.6 is 39.9 Å². The molecule has 0 aromatic rings. The first kappa shape index (κ1) is 19.7. The Labute approximate surface area is 131 Å². The van der Waals surface area contributed by atoms with Gasteiger partial charge in [0.15, 0.2) is 0 Å². The van der Waals surface area contributed by atoms with Crippen LogP contribution in [0.1, 0.15) is 41.5 Å². The second-order valence-electron chi connectivity index (χ2n) is 5.37. The van der Waals surface area contributed by atoms with Crippen molar-refractivity contribution in [2.24, 2.45) is 11.8 Å². The summed E-state index contributed by atoms with van der Waals surface area (Å²) in [6, 6.07) is 0. The number of rotatable bonds is 8. The maximum absolute atomic E-state index is 13.0. The summed E-state index contributed by atoms with van der Waals surface area (Å²) in [6.07, 6.45) is 1.95. The molecule has 1 nitrogen and oxygen atoms in total. The summed E-state index contributed by atoms with van der Waals surface area (Å²) in [6.45, 7) is 12.5. The molecule has 19 heavy (non-hydrogen) atoms. The van der Waals surface area contributed by atoms with Gasteiger partial charge in [0, 0.05) is 22.4 Å². The van der Waals surface area contributed by atoms with Crippen LogP contribution < -0.4 is 0 Å². The van der Waals surface area contributed by atoms with Crippen molar-refractivity contribution >= 4 is 39.9 Å². The molecule has 0 saturated carbocycles. The van der Waals surface area contributed by atoms with Crippen molar-refractivity contribution < 1.29 is 4.57 Å². The molecule has 0 aliphatic rings. The van der Waals surface area contributed by atoms with Gasteiger partial charge in [-0.15, -0.1) is 0 Å². The number of hydrogen-bond acceptors (Lipinski definition) is 3. The van der Waals surface area contributed by atoms with Crippen molar-refractivity contribution in [3.05, 3.63) is 22.5 Å². The van der Waals surface area contributed by atoms with E-state index in [1.165, 1.54) is 0 Å². The SMILES string of the molecule is C/C=C(C)/C(Cl)=C\P(=O)(SCC(C)C)SCC(C)C. The lowest BCUT2D eigenvalue weighted by molar-refractivity contribution is 0.597. The maximum Gasteiger partial charge on any atom is 0.213 e. The molecule has 0 radical (unpaired) electrons. The summed E-state index contributed by atoms with van der Waals surface area (Å²) in [5.74, 6) is 4.65. The van der Waals surface area contributed by atoms with E-state index in [1.807, 2.05) is 19.9 Å². The van der Waals surface area contributed by atoms with Crippen LogP contribution in [-0.4, -0.2) is 11.5 Å². The smallest absolute Gasteiger partial charge is 0.213 e. The second-order valence-corrected chi connectivity index (χ2v) is 13.8. The van der Waals surface area contributed by atoms with E-state index in [0.717, 1.165) is 17.1 Å². The summed E-state index contributed by atoms with van der Waals surface area (Å²) in [4.78, 5) is 0. The first-order chi connectivity index (χ1) is 8.70. The molecule has 0 aliphatic carbocycles. The van der Waals surface area contributed by atoms with Gasteiger partial charge in [-0.2, -0.15) is 0 Å². The van der Waals surface area contributed by atoms with E-state index < -0.39 is 5.55 Å². The topological polar surface area (TPSA) is 17.1 Å². The molecule has 112 valence electrons. The van der Waals surface area contributed by atoms with Crippen LogP contribution in [0.4, 0.5) is 0 Å². The molecule has 0 aromatic heterocycles. The first-order valence-electron chi connectivity index (χ1n) is 6.60. The van der Waals surface area contributed by atoms with Crippen molar-refractivity contribution in [1.29, 1.82) is 0 Å². The molecular formula is C14H26ClOPS2. The predicted octanol–water partition coefficient (Wildman–Crippen LogP) is 7.00. The van der Waals surface area contributed by atoms with E-state index in [1.54, 1.807) is 28.6 Å². The third-order valence-corrected chi connectivity index (χ3v) is 11.3. The minimum Gasteiger partial charge on any atom is -0.296 e. The molecule has 0 heterocycles. The summed E-state index contributed by atoms with van der Waals surface area (Å²) in [5, 5.41) is 0.623.